The molecule has 0 radical (unpaired) electrons. The predicted octanol–water partition coefficient (Wildman–Crippen LogP) is 1.09. The zero-order valence-corrected chi connectivity index (χ0v) is 8.06. The van der Waals surface area contributed by atoms with E-state index in [1.807, 2.05) is 0 Å². The number of hydrogen-bond donors (Lipinski definition) is 1. The molecule has 0 saturated heterocycles. The summed E-state index contributed by atoms with van der Waals surface area (Å²) in [6.07, 6.45) is 0.950. The van der Waals surface area contributed by atoms with Crippen LogP contribution in [0.25, 0.3) is 0 Å². The first-order valence-corrected chi connectivity index (χ1v) is 5.11. The molecule has 0 spiro atoms. The minimum absolute atomic E-state index is 0.0491. The van der Waals surface area contributed by atoms with E-state index in [0.29, 0.717) is 0 Å². The Morgan fingerprint density at radius 1 is 1.43 bits per heavy atom. The Bertz CT molecular complexity index is 425. The highest BCUT2D eigenvalue weighted by molar-refractivity contribution is 7.92. The van der Waals surface area contributed by atoms with Crippen molar-refractivity contribution in [2.75, 3.05) is 4.72 Å². The lowest BCUT2D eigenvalue weighted by Crippen LogP contribution is -2.21. The summed E-state index contributed by atoms with van der Waals surface area (Å²) in [5.74, 6) is -3.82. The van der Waals surface area contributed by atoms with Gasteiger partial charge in [0.15, 0.2) is 0 Å². The molecule has 1 rings (SSSR count). The maximum atomic E-state index is 11.9. The second-order valence-corrected chi connectivity index (χ2v) is 4.17. The van der Waals surface area contributed by atoms with Gasteiger partial charge in [-0.25, -0.2) is 18.4 Å². The average molecular weight is 244 g/mol. The molecule has 1 aromatic heterocycles. The molecular formula is C5H4ClF2N3O2S. The molecule has 14 heavy (non-hydrogen) atoms. The van der Waals surface area contributed by atoms with E-state index in [9.17, 15) is 17.2 Å². The smallest absolute Gasteiger partial charge is 0.262 e. The van der Waals surface area contributed by atoms with Crippen LogP contribution in [-0.4, -0.2) is 24.1 Å². The van der Waals surface area contributed by atoms with Crippen molar-refractivity contribution in [2.24, 2.45) is 0 Å². The van der Waals surface area contributed by atoms with Gasteiger partial charge in [-0.05, 0) is 0 Å². The first kappa shape index (κ1) is 11.1. The third-order valence-corrected chi connectivity index (χ3v) is 2.28. The lowest BCUT2D eigenvalue weighted by molar-refractivity contribution is 0.236. The molecule has 1 heterocycles. The highest BCUT2D eigenvalue weighted by Crippen LogP contribution is 2.13. The second kappa shape index (κ2) is 4.01. The number of sulfonamides is 1. The summed E-state index contributed by atoms with van der Waals surface area (Å²) >= 11 is 5.38. The molecule has 0 unspecified atom stereocenters. The fourth-order valence-electron chi connectivity index (χ4n) is 0.580. The van der Waals surface area contributed by atoms with Crippen LogP contribution in [0, 0.1) is 0 Å². The molecular weight excluding hydrogens is 240 g/mol. The van der Waals surface area contributed by atoms with Gasteiger partial charge in [-0.3, -0.25) is 4.72 Å². The standard InChI is InChI=1S/C5H4ClF2N3O2S/c6-3-1-4(10-2-9-3)11-14(12,13)5(7)8/h1-2,5H,(H,9,10,11). The Morgan fingerprint density at radius 2 is 2.07 bits per heavy atom. The van der Waals surface area contributed by atoms with E-state index in [-0.39, 0.29) is 11.0 Å². The largest absolute Gasteiger partial charge is 0.355 e. The number of halogens is 3. The van der Waals surface area contributed by atoms with E-state index in [1.165, 1.54) is 0 Å². The lowest BCUT2D eigenvalue weighted by Gasteiger charge is -2.04. The van der Waals surface area contributed by atoms with Crippen LogP contribution in [0.3, 0.4) is 0 Å². The number of alkyl halides is 2. The topological polar surface area (TPSA) is 72.0 Å². The predicted molar refractivity (Wildman–Crippen MR) is 45.6 cm³/mol. The van der Waals surface area contributed by atoms with Gasteiger partial charge in [0.2, 0.25) is 0 Å². The Hall–Kier alpha value is -1.02. The Balaban J connectivity index is 2.90. The van der Waals surface area contributed by atoms with E-state index in [2.05, 4.69) is 9.97 Å². The Kier molecular flexibility index (Phi) is 3.17. The van der Waals surface area contributed by atoms with Gasteiger partial charge in [0.05, 0.1) is 0 Å². The van der Waals surface area contributed by atoms with Crippen LogP contribution in [0.15, 0.2) is 12.4 Å². The highest BCUT2D eigenvalue weighted by atomic mass is 35.5. The molecule has 0 aromatic carbocycles. The summed E-state index contributed by atoms with van der Waals surface area (Å²) in [5, 5.41) is -0.0491. The quantitative estimate of drug-likeness (QED) is 0.807. The minimum Gasteiger partial charge on any atom is -0.262 e. The van der Waals surface area contributed by atoms with Gasteiger partial charge >= 0.3 is 5.76 Å². The fourth-order valence-corrected chi connectivity index (χ4v) is 1.22. The molecule has 9 heteroatoms. The van der Waals surface area contributed by atoms with Crippen molar-refractivity contribution < 1.29 is 17.2 Å². The molecule has 0 fully saturated rings. The number of aromatic nitrogens is 2. The normalized spacial score (nSPS) is 11.7. The number of anilines is 1. The highest BCUT2D eigenvalue weighted by Gasteiger charge is 2.24. The number of nitrogens with one attached hydrogen (secondary N) is 1. The van der Waals surface area contributed by atoms with Gasteiger partial charge in [0.25, 0.3) is 10.0 Å². The van der Waals surface area contributed by atoms with E-state index >= 15 is 0 Å². The Morgan fingerprint density at radius 3 is 2.57 bits per heavy atom. The zero-order chi connectivity index (χ0) is 10.8. The number of hydrogen-bond acceptors (Lipinski definition) is 4. The van der Waals surface area contributed by atoms with Crippen molar-refractivity contribution in [3.05, 3.63) is 17.5 Å². The van der Waals surface area contributed by atoms with Crippen LogP contribution in [0.2, 0.25) is 5.15 Å². The second-order valence-electron chi connectivity index (χ2n) is 2.13. The monoisotopic (exact) mass is 243 g/mol. The molecule has 0 amide bonds. The van der Waals surface area contributed by atoms with Crippen LogP contribution >= 0.6 is 11.6 Å². The van der Waals surface area contributed by atoms with Crippen molar-refractivity contribution in [1.29, 1.82) is 0 Å². The maximum Gasteiger partial charge on any atom is 0.355 e. The molecule has 78 valence electrons. The maximum absolute atomic E-state index is 11.9. The SMILES string of the molecule is O=S(=O)(Nc1cc(Cl)ncn1)C(F)F. The van der Waals surface area contributed by atoms with Gasteiger partial charge < -0.3 is 0 Å². The van der Waals surface area contributed by atoms with Crippen LogP contribution in [0.4, 0.5) is 14.6 Å². The van der Waals surface area contributed by atoms with Gasteiger partial charge in [-0.1, -0.05) is 11.6 Å². The molecule has 0 aliphatic carbocycles. The molecule has 0 aliphatic rings. The number of rotatable bonds is 3. The van der Waals surface area contributed by atoms with Gasteiger partial charge in [0, 0.05) is 6.07 Å². The molecule has 1 N–H and O–H groups in total. The van der Waals surface area contributed by atoms with Crippen LogP contribution in [0.5, 0.6) is 0 Å². The van der Waals surface area contributed by atoms with E-state index in [0.717, 1.165) is 12.4 Å². The lowest BCUT2D eigenvalue weighted by atomic mass is 10.6. The van der Waals surface area contributed by atoms with Gasteiger partial charge in [-0.15, -0.1) is 0 Å². The molecule has 0 atom stereocenters. The zero-order valence-electron chi connectivity index (χ0n) is 6.49. The van der Waals surface area contributed by atoms with Crippen molar-refractivity contribution in [2.45, 2.75) is 5.76 Å². The fraction of sp³-hybridized carbons (Fsp3) is 0.200. The average Bonchev–Trinajstić information content (AvgIpc) is 2.02. The first-order valence-electron chi connectivity index (χ1n) is 3.19. The molecule has 0 aliphatic heterocycles. The minimum atomic E-state index is -4.70. The van der Waals surface area contributed by atoms with Crippen LogP contribution in [-0.2, 0) is 10.0 Å². The third-order valence-electron chi connectivity index (χ3n) is 1.12. The summed E-state index contributed by atoms with van der Waals surface area (Å²) in [6.45, 7) is 0. The van der Waals surface area contributed by atoms with Crippen molar-refractivity contribution in [1.82, 2.24) is 9.97 Å². The van der Waals surface area contributed by atoms with E-state index in [4.69, 9.17) is 11.6 Å². The molecule has 1 aromatic rings. The van der Waals surface area contributed by atoms with Crippen molar-refractivity contribution >= 4 is 27.4 Å². The van der Waals surface area contributed by atoms with Crippen molar-refractivity contribution in [3.63, 3.8) is 0 Å². The molecule has 5 nitrogen and oxygen atoms in total. The van der Waals surface area contributed by atoms with Gasteiger partial charge in [0.1, 0.15) is 17.3 Å². The summed E-state index contributed by atoms with van der Waals surface area (Å²) in [4.78, 5) is 6.83. The molecule has 0 bridgehead atoms. The van der Waals surface area contributed by atoms with Crippen LogP contribution < -0.4 is 4.72 Å². The third kappa shape index (κ3) is 2.74. The molecule has 0 saturated carbocycles. The summed E-state index contributed by atoms with van der Waals surface area (Å²) in [7, 11) is -4.70. The van der Waals surface area contributed by atoms with E-state index < -0.39 is 15.8 Å². The summed E-state index contributed by atoms with van der Waals surface area (Å²) in [5.41, 5.74) is 0. The van der Waals surface area contributed by atoms with Crippen molar-refractivity contribution in [3.8, 4) is 0 Å². The summed E-state index contributed by atoms with van der Waals surface area (Å²) in [6, 6.07) is 1.02. The summed E-state index contributed by atoms with van der Waals surface area (Å²) < 4.78 is 46.6. The van der Waals surface area contributed by atoms with Gasteiger partial charge in [-0.2, -0.15) is 8.78 Å². The number of nitrogens with zero attached hydrogens (tertiary/aromatic N) is 2. The van der Waals surface area contributed by atoms with E-state index in [1.54, 1.807) is 4.72 Å². The first-order chi connectivity index (χ1) is 6.42. The van der Waals surface area contributed by atoms with Crippen LogP contribution in [0.1, 0.15) is 0 Å². The Labute approximate surface area is 83.2 Å².